The molecule has 2 atom stereocenters. The van der Waals surface area contributed by atoms with Gasteiger partial charge >= 0.3 is 0 Å². The molecule has 3 aromatic rings. The number of hydrogen-bond acceptors (Lipinski definition) is 3. The number of nitrogens with one attached hydrogen (secondary N) is 1. The van der Waals surface area contributed by atoms with Crippen molar-refractivity contribution < 1.29 is 18.7 Å². The Hall–Kier alpha value is -3.67. The van der Waals surface area contributed by atoms with Gasteiger partial charge in [-0.3, -0.25) is 9.59 Å². The number of halogens is 1. The number of rotatable bonds is 4. The third kappa shape index (κ3) is 4.16. The van der Waals surface area contributed by atoms with Crippen molar-refractivity contribution in [1.29, 1.82) is 0 Å². The lowest BCUT2D eigenvalue weighted by Gasteiger charge is -2.36. The van der Waals surface area contributed by atoms with Crippen LogP contribution in [0.25, 0.3) is 0 Å². The molecule has 5 rings (SSSR count). The van der Waals surface area contributed by atoms with E-state index in [1.54, 1.807) is 24.3 Å². The van der Waals surface area contributed by atoms with Crippen LogP contribution in [-0.4, -0.2) is 22.8 Å². The van der Waals surface area contributed by atoms with Crippen LogP contribution >= 0.6 is 0 Å². The third-order valence-electron chi connectivity index (χ3n) is 6.69. The minimum atomic E-state index is -0.573. The Kier molecular flexibility index (Phi) is 6.05. The molecule has 174 valence electrons. The maximum atomic E-state index is 14.0. The van der Waals surface area contributed by atoms with Gasteiger partial charge in [-0.2, -0.15) is 0 Å². The van der Waals surface area contributed by atoms with Crippen molar-refractivity contribution in [3.8, 4) is 5.75 Å². The van der Waals surface area contributed by atoms with Crippen molar-refractivity contribution in [1.82, 2.24) is 4.90 Å². The van der Waals surface area contributed by atoms with Crippen LogP contribution in [0.2, 0.25) is 0 Å². The molecule has 6 heteroatoms. The molecule has 0 fully saturated rings. The summed E-state index contributed by atoms with van der Waals surface area (Å²) in [5.74, 6) is -0.474. The number of anilines is 1. The number of benzene rings is 3. The highest BCUT2D eigenvalue weighted by Gasteiger charge is 2.36. The van der Waals surface area contributed by atoms with Gasteiger partial charge in [-0.25, -0.2) is 4.39 Å². The van der Waals surface area contributed by atoms with Crippen molar-refractivity contribution in [3.63, 3.8) is 0 Å². The first kappa shape index (κ1) is 22.1. The second-order valence-corrected chi connectivity index (χ2v) is 8.84. The topological polar surface area (TPSA) is 58.6 Å². The third-order valence-corrected chi connectivity index (χ3v) is 6.69. The summed E-state index contributed by atoms with van der Waals surface area (Å²) in [7, 11) is 0. The summed E-state index contributed by atoms with van der Waals surface area (Å²) in [6.07, 6.45) is 2.95. The number of ether oxygens (including phenoxy) is 1. The molecule has 2 aliphatic rings. The molecule has 5 nitrogen and oxygen atoms in total. The lowest BCUT2D eigenvalue weighted by Crippen LogP contribution is -2.42. The zero-order valence-electron chi connectivity index (χ0n) is 19.1. The van der Waals surface area contributed by atoms with Gasteiger partial charge in [0.1, 0.15) is 11.6 Å². The van der Waals surface area contributed by atoms with Crippen molar-refractivity contribution in [2.24, 2.45) is 0 Å². The minimum absolute atomic E-state index is 0.0160. The highest BCUT2D eigenvalue weighted by Crippen LogP contribution is 2.39. The van der Waals surface area contributed by atoms with E-state index < -0.39 is 17.8 Å². The van der Waals surface area contributed by atoms with Crippen LogP contribution in [-0.2, 0) is 17.8 Å². The predicted octanol–water partition coefficient (Wildman–Crippen LogP) is 5.66. The van der Waals surface area contributed by atoms with Crippen LogP contribution in [0.4, 0.5) is 10.1 Å². The van der Waals surface area contributed by atoms with E-state index in [1.165, 1.54) is 23.3 Å². The average molecular weight is 459 g/mol. The van der Waals surface area contributed by atoms with E-state index in [1.807, 2.05) is 30.0 Å². The molecule has 1 heterocycles. The summed E-state index contributed by atoms with van der Waals surface area (Å²) in [6.45, 7) is 2.33. The second-order valence-electron chi connectivity index (χ2n) is 8.84. The Morgan fingerprint density at radius 3 is 2.71 bits per heavy atom. The number of fused-ring (bicyclic) bond motifs is 2. The van der Waals surface area contributed by atoms with E-state index >= 15 is 0 Å². The molecule has 0 radical (unpaired) electrons. The normalized spacial score (nSPS) is 19.5. The molecule has 2 amide bonds. The van der Waals surface area contributed by atoms with E-state index in [-0.39, 0.29) is 17.5 Å². The molecule has 1 aliphatic carbocycles. The smallest absolute Gasteiger partial charge is 0.264 e. The van der Waals surface area contributed by atoms with Crippen molar-refractivity contribution in [2.75, 3.05) is 5.32 Å². The summed E-state index contributed by atoms with van der Waals surface area (Å²) >= 11 is 0. The summed E-state index contributed by atoms with van der Waals surface area (Å²) in [5.41, 5.74) is 3.82. The van der Waals surface area contributed by atoms with E-state index in [2.05, 4.69) is 17.4 Å². The number of amides is 2. The van der Waals surface area contributed by atoms with Gasteiger partial charge in [-0.1, -0.05) is 43.3 Å². The van der Waals surface area contributed by atoms with Crippen molar-refractivity contribution >= 4 is 17.5 Å². The summed E-state index contributed by atoms with van der Waals surface area (Å²) in [5, 5.41) is 2.78. The molecule has 1 N–H and O–H groups in total. The van der Waals surface area contributed by atoms with Gasteiger partial charge in [-0.05, 0) is 67.1 Å². The quantitative estimate of drug-likeness (QED) is 0.549. The van der Waals surface area contributed by atoms with E-state index in [9.17, 15) is 14.0 Å². The number of hydrogen-bond donors (Lipinski definition) is 1. The van der Waals surface area contributed by atoms with Gasteiger partial charge in [0.05, 0.1) is 18.2 Å². The van der Waals surface area contributed by atoms with Gasteiger partial charge in [0.25, 0.3) is 11.8 Å². The van der Waals surface area contributed by atoms with Gasteiger partial charge in [0, 0.05) is 11.3 Å². The first-order valence-electron chi connectivity index (χ1n) is 11.8. The Balaban J connectivity index is 1.47. The fourth-order valence-corrected chi connectivity index (χ4v) is 4.96. The highest BCUT2D eigenvalue weighted by molar-refractivity contribution is 6.04. The largest absolute Gasteiger partial charge is 0.480 e. The molecular formula is C28H27FN2O3. The Labute approximate surface area is 198 Å². The fraction of sp³-hybridized carbons (Fsp3) is 0.286. The maximum Gasteiger partial charge on any atom is 0.264 e. The van der Waals surface area contributed by atoms with Crippen LogP contribution in [0.5, 0.6) is 5.75 Å². The molecular weight excluding hydrogens is 431 g/mol. The van der Waals surface area contributed by atoms with E-state index in [0.29, 0.717) is 24.4 Å². The molecule has 0 bridgehead atoms. The molecule has 0 aromatic heterocycles. The maximum absolute atomic E-state index is 14.0. The zero-order valence-corrected chi connectivity index (χ0v) is 19.1. The molecule has 3 aromatic carbocycles. The van der Waals surface area contributed by atoms with E-state index in [0.717, 1.165) is 24.8 Å². The predicted molar refractivity (Wildman–Crippen MR) is 128 cm³/mol. The lowest BCUT2D eigenvalue weighted by atomic mass is 9.86. The molecule has 0 saturated heterocycles. The van der Waals surface area contributed by atoms with Gasteiger partial charge in [0.2, 0.25) is 0 Å². The molecule has 0 spiro atoms. The molecule has 34 heavy (non-hydrogen) atoms. The Morgan fingerprint density at radius 2 is 1.88 bits per heavy atom. The van der Waals surface area contributed by atoms with Crippen LogP contribution in [0.15, 0.2) is 66.7 Å². The highest BCUT2D eigenvalue weighted by atomic mass is 19.1. The van der Waals surface area contributed by atoms with Crippen molar-refractivity contribution in [2.45, 2.75) is 51.3 Å². The lowest BCUT2D eigenvalue weighted by molar-refractivity contribution is -0.141. The van der Waals surface area contributed by atoms with Crippen LogP contribution in [0, 0.1) is 5.82 Å². The molecule has 0 unspecified atom stereocenters. The van der Waals surface area contributed by atoms with Crippen LogP contribution in [0.3, 0.4) is 0 Å². The number of aryl methyl sites for hydroxylation is 1. The average Bonchev–Trinajstić information content (AvgIpc) is 2.99. The Morgan fingerprint density at radius 1 is 1.09 bits per heavy atom. The zero-order chi connectivity index (χ0) is 23.7. The summed E-state index contributed by atoms with van der Waals surface area (Å²) < 4.78 is 20.2. The first-order valence-corrected chi connectivity index (χ1v) is 11.8. The SMILES string of the molecule is CC[C@@H]1Oc2ccc(NC(=O)c3ccccc3F)cc2CN([C@H]2CCCc3ccccc32)C1=O. The number of nitrogens with zero attached hydrogens (tertiary/aromatic N) is 1. The number of carbonyl (C=O) groups is 2. The van der Waals surface area contributed by atoms with Gasteiger partial charge < -0.3 is 15.0 Å². The van der Waals surface area contributed by atoms with Crippen LogP contribution < -0.4 is 10.1 Å². The molecule has 0 saturated carbocycles. The standard InChI is InChI=1S/C28H27FN2O3/c1-2-25-28(33)31(24-13-7-9-18-8-3-4-10-21(18)24)17-19-16-20(14-15-26(19)34-25)30-27(32)22-11-5-6-12-23(22)29/h3-6,8,10-12,14-16,24-25H,2,7,9,13,17H2,1H3,(H,30,32)/t24-,25-/m0/s1. The van der Waals surface area contributed by atoms with E-state index in [4.69, 9.17) is 4.74 Å². The summed E-state index contributed by atoms with van der Waals surface area (Å²) in [4.78, 5) is 28.1. The van der Waals surface area contributed by atoms with Gasteiger partial charge in [-0.15, -0.1) is 0 Å². The minimum Gasteiger partial charge on any atom is -0.480 e. The van der Waals surface area contributed by atoms with Crippen LogP contribution in [0.1, 0.15) is 59.3 Å². The van der Waals surface area contributed by atoms with Gasteiger partial charge in [0.15, 0.2) is 6.10 Å². The Bertz CT molecular complexity index is 1240. The molecule has 1 aliphatic heterocycles. The number of carbonyl (C=O) groups excluding carboxylic acids is 2. The second kappa shape index (κ2) is 9.29. The first-order chi connectivity index (χ1) is 16.5. The fourth-order valence-electron chi connectivity index (χ4n) is 4.96. The van der Waals surface area contributed by atoms with Crippen molar-refractivity contribution in [3.05, 3.63) is 94.8 Å². The summed E-state index contributed by atoms with van der Waals surface area (Å²) in [6, 6.07) is 19.5. The monoisotopic (exact) mass is 458 g/mol.